The molecule has 2 saturated heterocycles. The van der Waals surface area contributed by atoms with Crippen LogP contribution in [0.4, 0.5) is 10.1 Å². The van der Waals surface area contributed by atoms with Crippen LogP contribution in [0.25, 0.3) is 0 Å². The first-order valence-electron chi connectivity index (χ1n) is 9.39. The predicted molar refractivity (Wildman–Crippen MR) is 117 cm³/mol. The zero-order valence-electron chi connectivity index (χ0n) is 15.6. The highest BCUT2D eigenvalue weighted by molar-refractivity contribution is 14.0. The Morgan fingerprint density at radius 3 is 2.31 bits per heavy atom. The standard InChI is InChI=1S/C19H30FN5.HI/c1-16-6-9-23(10-7-16)11-8-22-19(21)25-14-12-24(13-15-25)18-4-2-17(20)3-5-18;/h2-5,16H,6-15H2,1H3,(H2,21,22);1H. The normalized spacial score (nSPS) is 20.2. The van der Waals surface area contributed by atoms with Gasteiger partial charge in [-0.3, -0.25) is 4.99 Å². The summed E-state index contributed by atoms with van der Waals surface area (Å²) in [6, 6.07) is 6.70. The molecule has 2 heterocycles. The van der Waals surface area contributed by atoms with Crippen molar-refractivity contribution in [2.24, 2.45) is 16.6 Å². The van der Waals surface area contributed by atoms with E-state index in [9.17, 15) is 4.39 Å². The van der Waals surface area contributed by atoms with Gasteiger partial charge >= 0.3 is 0 Å². The number of nitrogens with two attached hydrogens (primary N) is 1. The maximum Gasteiger partial charge on any atom is 0.191 e. The molecule has 0 aliphatic carbocycles. The minimum Gasteiger partial charge on any atom is -0.370 e. The number of hydrogen-bond donors (Lipinski definition) is 1. The lowest BCUT2D eigenvalue weighted by molar-refractivity contribution is 0.197. The number of anilines is 1. The van der Waals surface area contributed by atoms with E-state index >= 15 is 0 Å². The van der Waals surface area contributed by atoms with Crippen LogP contribution in [-0.2, 0) is 0 Å². The molecular formula is C19H31FIN5. The molecule has 1 aromatic rings. The Morgan fingerprint density at radius 2 is 1.69 bits per heavy atom. The number of guanidine groups is 1. The SMILES string of the molecule is CC1CCN(CCN=C(N)N2CCN(c3ccc(F)cc3)CC2)CC1.I. The molecule has 0 aromatic heterocycles. The Kier molecular flexibility index (Phi) is 8.40. The van der Waals surface area contributed by atoms with Crippen LogP contribution in [0, 0.1) is 11.7 Å². The van der Waals surface area contributed by atoms with Gasteiger partial charge in [0.1, 0.15) is 5.82 Å². The van der Waals surface area contributed by atoms with Crippen molar-refractivity contribution in [1.82, 2.24) is 9.80 Å². The lowest BCUT2D eigenvalue weighted by Crippen LogP contribution is -2.51. The van der Waals surface area contributed by atoms with Gasteiger partial charge in [-0.1, -0.05) is 6.92 Å². The molecule has 26 heavy (non-hydrogen) atoms. The van der Waals surface area contributed by atoms with Gasteiger partial charge in [0.25, 0.3) is 0 Å². The number of aliphatic imine (C=N–C) groups is 1. The Morgan fingerprint density at radius 1 is 1.08 bits per heavy atom. The van der Waals surface area contributed by atoms with Crippen LogP contribution < -0.4 is 10.6 Å². The van der Waals surface area contributed by atoms with Crippen molar-refractivity contribution in [2.45, 2.75) is 19.8 Å². The fourth-order valence-corrected chi connectivity index (χ4v) is 3.54. The van der Waals surface area contributed by atoms with Gasteiger partial charge in [-0.15, -0.1) is 24.0 Å². The molecule has 2 fully saturated rings. The van der Waals surface area contributed by atoms with Crippen LogP contribution in [0.5, 0.6) is 0 Å². The number of likely N-dealkylation sites (tertiary alicyclic amines) is 1. The van der Waals surface area contributed by atoms with Gasteiger partial charge in [0.15, 0.2) is 5.96 Å². The van der Waals surface area contributed by atoms with Crippen molar-refractivity contribution in [3.8, 4) is 0 Å². The molecule has 5 nitrogen and oxygen atoms in total. The highest BCUT2D eigenvalue weighted by Crippen LogP contribution is 2.17. The van der Waals surface area contributed by atoms with Crippen LogP contribution in [-0.4, -0.2) is 68.1 Å². The van der Waals surface area contributed by atoms with E-state index in [1.807, 2.05) is 12.1 Å². The van der Waals surface area contributed by atoms with Crippen molar-refractivity contribution in [3.63, 3.8) is 0 Å². The molecule has 0 atom stereocenters. The number of piperidine rings is 1. The molecule has 0 spiro atoms. The second-order valence-electron chi connectivity index (χ2n) is 7.21. The lowest BCUT2D eigenvalue weighted by atomic mass is 9.99. The van der Waals surface area contributed by atoms with E-state index < -0.39 is 0 Å². The fourth-order valence-electron chi connectivity index (χ4n) is 3.54. The highest BCUT2D eigenvalue weighted by Gasteiger charge is 2.19. The summed E-state index contributed by atoms with van der Waals surface area (Å²) >= 11 is 0. The molecule has 2 aliphatic heterocycles. The van der Waals surface area contributed by atoms with Crippen LogP contribution in [0.15, 0.2) is 29.3 Å². The molecule has 146 valence electrons. The van der Waals surface area contributed by atoms with Crippen molar-refractivity contribution in [3.05, 3.63) is 30.1 Å². The van der Waals surface area contributed by atoms with Gasteiger partial charge in [0.05, 0.1) is 6.54 Å². The van der Waals surface area contributed by atoms with Crippen molar-refractivity contribution >= 4 is 35.6 Å². The number of hydrogen-bond acceptors (Lipinski definition) is 3. The molecule has 0 unspecified atom stereocenters. The van der Waals surface area contributed by atoms with E-state index in [-0.39, 0.29) is 29.8 Å². The van der Waals surface area contributed by atoms with E-state index in [0.717, 1.165) is 50.9 Å². The Labute approximate surface area is 173 Å². The van der Waals surface area contributed by atoms with Gasteiger partial charge in [-0.25, -0.2) is 4.39 Å². The third-order valence-electron chi connectivity index (χ3n) is 5.36. The summed E-state index contributed by atoms with van der Waals surface area (Å²) in [5.41, 5.74) is 7.25. The highest BCUT2D eigenvalue weighted by atomic mass is 127. The summed E-state index contributed by atoms with van der Waals surface area (Å²) in [7, 11) is 0. The van der Waals surface area contributed by atoms with E-state index in [2.05, 4.69) is 26.6 Å². The smallest absolute Gasteiger partial charge is 0.191 e. The summed E-state index contributed by atoms with van der Waals surface area (Å²) in [5, 5.41) is 0. The molecule has 3 rings (SSSR count). The van der Waals surface area contributed by atoms with E-state index in [4.69, 9.17) is 5.73 Å². The van der Waals surface area contributed by atoms with Crippen molar-refractivity contribution < 1.29 is 4.39 Å². The average molecular weight is 475 g/mol. The van der Waals surface area contributed by atoms with Crippen LogP contribution >= 0.6 is 24.0 Å². The summed E-state index contributed by atoms with van der Waals surface area (Å²) in [5.74, 6) is 1.33. The molecule has 0 saturated carbocycles. The molecular weight excluding hydrogens is 444 g/mol. The summed E-state index contributed by atoms with van der Waals surface area (Å²) < 4.78 is 13.0. The van der Waals surface area contributed by atoms with Gasteiger partial charge in [-0.05, 0) is 56.1 Å². The third-order valence-corrected chi connectivity index (χ3v) is 5.36. The molecule has 0 bridgehead atoms. The van der Waals surface area contributed by atoms with Crippen LogP contribution in [0.1, 0.15) is 19.8 Å². The molecule has 1 aromatic carbocycles. The number of nitrogens with zero attached hydrogens (tertiary/aromatic N) is 4. The molecule has 7 heteroatoms. The number of halogens is 2. The van der Waals surface area contributed by atoms with Crippen molar-refractivity contribution in [1.29, 1.82) is 0 Å². The number of rotatable bonds is 4. The van der Waals surface area contributed by atoms with Gasteiger partial charge < -0.3 is 20.4 Å². The molecule has 2 aliphatic rings. The molecule has 0 radical (unpaired) electrons. The van der Waals surface area contributed by atoms with Crippen LogP contribution in [0.2, 0.25) is 0 Å². The number of benzene rings is 1. The third kappa shape index (κ3) is 5.97. The zero-order valence-corrected chi connectivity index (χ0v) is 17.9. The first-order valence-corrected chi connectivity index (χ1v) is 9.39. The second-order valence-corrected chi connectivity index (χ2v) is 7.21. The average Bonchev–Trinajstić information content (AvgIpc) is 2.64. The lowest BCUT2D eigenvalue weighted by Gasteiger charge is -2.36. The van der Waals surface area contributed by atoms with Crippen molar-refractivity contribution in [2.75, 3.05) is 57.3 Å². The van der Waals surface area contributed by atoms with Gasteiger partial charge in [0.2, 0.25) is 0 Å². The van der Waals surface area contributed by atoms with Gasteiger partial charge in [0, 0.05) is 38.4 Å². The quantitative estimate of drug-likeness (QED) is 0.414. The summed E-state index contributed by atoms with van der Waals surface area (Å²) in [6.45, 7) is 9.96. The summed E-state index contributed by atoms with van der Waals surface area (Å²) in [6.07, 6.45) is 2.59. The Hall–Kier alpha value is -1.09. The molecule has 2 N–H and O–H groups in total. The fraction of sp³-hybridized carbons (Fsp3) is 0.632. The first-order chi connectivity index (χ1) is 12.1. The molecule has 0 amide bonds. The largest absolute Gasteiger partial charge is 0.370 e. The number of piperazine rings is 1. The summed E-state index contributed by atoms with van der Waals surface area (Å²) in [4.78, 5) is 11.5. The zero-order chi connectivity index (χ0) is 17.6. The topological polar surface area (TPSA) is 48.1 Å². The van der Waals surface area contributed by atoms with E-state index in [1.165, 1.54) is 38.1 Å². The Bertz CT molecular complexity index is 564. The first kappa shape index (κ1) is 21.2. The maximum atomic E-state index is 13.0. The van der Waals surface area contributed by atoms with Crippen LogP contribution in [0.3, 0.4) is 0 Å². The predicted octanol–water partition coefficient (Wildman–Crippen LogP) is 2.61. The maximum absolute atomic E-state index is 13.0. The minimum absolute atomic E-state index is 0. The van der Waals surface area contributed by atoms with E-state index in [0.29, 0.717) is 5.96 Å². The monoisotopic (exact) mass is 475 g/mol. The van der Waals surface area contributed by atoms with Gasteiger partial charge in [-0.2, -0.15) is 0 Å². The second kappa shape index (κ2) is 10.3. The Balaban J connectivity index is 0.00000243. The minimum atomic E-state index is -0.193. The van der Waals surface area contributed by atoms with E-state index in [1.54, 1.807) is 0 Å².